The number of amides is 1. The highest BCUT2D eigenvalue weighted by Gasteiger charge is 2.36. The van der Waals surface area contributed by atoms with Gasteiger partial charge in [-0.1, -0.05) is 99.6 Å². The summed E-state index contributed by atoms with van der Waals surface area (Å²) < 4.78 is 8.48. The maximum Gasteiger partial charge on any atom is 0.251 e. The smallest absolute Gasteiger partial charge is 0.251 e. The Morgan fingerprint density at radius 2 is 1.62 bits per heavy atom. The Bertz CT molecular complexity index is 2230. The molecule has 7 aromatic rings. The van der Waals surface area contributed by atoms with E-state index < -0.39 is 0 Å². The van der Waals surface area contributed by atoms with Crippen molar-refractivity contribution in [3.8, 4) is 22.8 Å². The first-order valence-corrected chi connectivity index (χ1v) is 18.1. The number of aromatic nitrogens is 5. The summed E-state index contributed by atoms with van der Waals surface area (Å²) in [7, 11) is 0. The highest BCUT2D eigenvalue weighted by Crippen LogP contribution is 2.40. The number of hydrogen-bond acceptors (Lipinski definition) is 6. The SMILES string of the molecule is CC(C)(C)[C@H](c1nc(-c2ccccc2)cn1Cc1ccccc1)N(CCCNC(=O)c1ccccc1)Cc1[nH]nc2ccc(Oc3cccnc3)cc12. The van der Waals surface area contributed by atoms with Crippen LogP contribution in [0.5, 0.6) is 11.5 Å². The molecule has 9 nitrogen and oxygen atoms in total. The number of fused-ring (bicyclic) bond motifs is 1. The summed E-state index contributed by atoms with van der Waals surface area (Å²) in [5.74, 6) is 2.29. The van der Waals surface area contributed by atoms with Gasteiger partial charge in [-0.05, 0) is 59.9 Å². The number of pyridine rings is 1. The van der Waals surface area contributed by atoms with Gasteiger partial charge in [-0.25, -0.2) is 4.98 Å². The molecule has 0 fully saturated rings. The number of rotatable bonds is 14. The lowest BCUT2D eigenvalue weighted by Gasteiger charge is -2.40. The van der Waals surface area contributed by atoms with Crippen molar-refractivity contribution in [1.29, 1.82) is 0 Å². The van der Waals surface area contributed by atoms with Gasteiger partial charge >= 0.3 is 0 Å². The van der Waals surface area contributed by atoms with E-state index in [1.165, 1.54) is 5.56 Å². The Balaban J connectivity index is 1.25. The Morgan fingerprint density at radius 1 is 0.887 bits per heavy atom. The largest absolute Gasteiger partial charge is 0.456 e. The molecule has 0 aliphatic rings. The van der Waals surface area contributed by atoms with Gasteiger partial charge in [0.05, 0.1) is 29.1 Å². The van der Waals surface area contributed by atoms with Crippen LogP contribution in [0.4, 0.5) is 0 Å². The van der Waals surface area contributed by atoms with E-state index in [-0.39, 0.29) is 17.4 Å². The van der Waals surface area contributed by atoms with Crippen molar-refractivity contribution in [2.24, 2.45) is 5.41 Å². The predicted octanol–water partition coefficient (Wildman–Crippen LogP) is 9.07. The number of ether oxygens (including phenoxy) is 1. The third kappa shape index (κ3) is 8.71. The molecule has 0 saturated heterocycles. The number of benzene rings is 4. The third-order valence-electron chi connectivity index (χ3n) is 9.28. The van der Waals surface area contributed by atoms with Gasteiger partial charge in [0.25, 0.3) is 5.91 Å². The predicted molar refractivity (Wildman–Crippen MR) is 210 cm³/mol. The second-order valence-corrected chi connectivity index (χ2v) is 14.4. The number of nitrogens with one attached hydrogen (secondary N) is 2. The van der Waals surface area contributed by atoms with E-state index in [0.717, 1.165) is 40.1 Å². The van der Waals surface area contributed by atoms with Gasteiger partial charge in [0.2, 0.25) is 0 Å². The molecule has 2 N–H and O–H groups in total. The van der Waals surface area contributed by atoms with E-state index in [2.05, 4.69) is 105 Å². The lowest BCUT2D eigenvalue weighted by Crippen LogP contribution is -2.40. The minimum absolute atomic E-state index is 0.0730. The van der Waals surface area contributed by atoms with Crippen LogP contribution in [0.15, 0.2) is 140 Å². The van der Waals surface area contributed by atoms with Gasteiger partial charge in [0.1, 0.15) is 17.3 Å². The van der Waals surface area contributed by atoms with Gasteiger partial charge in [-0.3, -0.25) is 19.8 Å². The van der Waals surface area contributed by atoms with Crippen molar-refractivity contribution in [1.82, 2.24) is 34.9 Å². The molecule has 0 radical (unpaired) electrons. The minimum Gasteiger partial charge on any atom is -0.456 e. The zero-order valence-electron chi connectivity index (χ0n) is 30.4. The van der Waals surface area contributed by atoms with Crippen LogP contribution in [0.2, 0.25) is 0 Å². The zero-order valence-corrected chi connectivity index (χ0v) is 30.4. The Morgan fingerprint density at radius 3 is 2.34 bits per heavy atom. The van der Waals surface area contributed by atoms with Gasteiger partial charge < -0.3 is 14.6 Å². The van der Waals surface area contributed by atoms with Crippen molar-refractivity contribution in [3.05, 3.63) is 163 Å². The summed E-state index contributed by atoms with van der Waals surface area (Å²) in [5, 5.41) is 12.2. The van der Waals surface area contributed by atoms with Gasteiger partial charge in [0.15, 0.2) is 0 Å². The van der Waals surface area contributed by atoms with E-state index in [4.69, 9.17) is 9.72 Å². The van der Waals surface area contributed by atoms with E-state index in [9.17, 15) is 4.79 Å². The molecule has 0 spiro atoms. The first-order valence-electron chi connectivity index (χ1n) is 18.1. The van der Waals surface area contributed by atoms with Crippen LogP contribution in [0.25, 0.3) is 22.2 Å². The van der Waals surface area contributed by atoms with E-state index in [1.807, 2.05) is 72.8 Å². The number of H-pyrrole nitrogens is 1. The number of hydrogen-bond donors (Lipinski definition) is 2. The molecule has 9 heteroatoms. The highest BCUT2D eigenvalue weighted by atomic mass is 16.5. The minimum atomic E-state index is -0.231. The van der Waals surface area contributed by atoms with Crippen molar-refractivity contribution in [3.63, 3.8) is 0 Å². The van der Waals surface area contributed by atoms with E-state index in [1.54, 1.807) is 12.4 Å². The molecular formula is C44H45N7O2. The van der Waals surface area contributed by atoms with Crippen molar-refractivity contribution < 1.29 is 9.53 Å². The maximum absolute atomic E-state index is 13.0. The molecule has 0 saturated carbocycles. The Labute approximate surface area is 310 Å². The quantitative estimate of drug-likeness (QED) is 0.110. The lowest BCUT2D eigenvalue weighted by atomic mass is 9.84. The van der Waals surface area contributed by atoms with E-state index in [0.29, 0.717) is 43.2 Å². The standard InChI is InChI=1S/C44H45N7O2/c1-44(2,3)41(42-47-39(33-17-9-5-10-18-33)30-51(42)29-32-15-7-4-8-16-32)50(26-14-25-46-43(52)34-19-11-6-12-20-34)31-40-37-27-35(22-23-38(37)48-49-40)53-36-21-13-24-45-28-36/h4-13,15-24,27-28,30,41H,14,25-26,29,31H2,1-3H3,(H,46,52)(H,48,49)/t41-/m0/s1. The first kappa shape index (κ1) is 35.3. The zero-order chi connectivity index (χ0) is 36.6. The summed E-state index contributed by atoms with van der Waals surface area (Å²) in [6, 6.07) is 39.8. The number of nitrogens with zero attached hydrogens (tertiary/aromatic N) is 5. The van der Waals surface area contributed by atoms with Crippen LogP contribution in [0.1, 0.15) is 60.7 Å². The van der Waals surface area contributed by atoms with Gasteiger partial charge in [-0.2, -0.15) is 5.10 Å². The molecule has 3 aromatic heterocycles. The average Bonchev–Trinajstić information content (AvgIpc) is 3.77. The van der Waals surface area contributed by atoms with Gasteiger partial charge in [0, 0.05) is 55.1 Å². The Hall–Kier alpha value is -6.06. The fraction of sp³-hybridized carbons (Fsp3) is 0.227. The number of imidazole rings is 1. The molecular weight excluding hydrogens is 659 g/mol. The molecule has 1 amide bonds. The van der Waals surface area contributed by atoms with Gasteiger partial charge in [-0.15, -0.1) is 0 Å². The number of carbonyl (C=O) groups excluding carboxylic acids is 1. The van der Waals surface area contributed by atoms with Crippen LogP contribution in [0, 0.1) is 5.41 Å². The summed E-state index contributed by atoms with van der Waals surface area (Å²) in [6.45, 7) is 9.30. The summed E-state index contributed by atoms with van der Waals surface area (Å²) in [5.41, 5.74) is 5.47. The molecule has 268 valence electrons. The van der Waals surface area contributed by atoms with Crippen LogP contribution in [-0.2, 0) is 13.1 Å². The van der Waals surface area contributed by atoms with Crippen LogP contribution >= 0.6 is 0 Å². The molecule has 0 bridgehead atoms. The second kappa shape index (κ2) is 16.1. The molecule has 4 aromatic carbocycles. The Kier molecular flexibility index (Phi) is 10.7. The molecule has 0 aliphatic carbocycles. The molecule has 1 atom stereocenters. The third-order valence-corrected chi connectivity index (χ3v) is 9.28. The van der Waals surface area contributed by atoms with Crippen molar-refractivity contribution >= 4 is 16.8 Å². The van der Waals surface area contributed by atoms with Crippen LogP contribution < -0.4 is 10.1 Å². The summed E-state index contributed by atoms with van der Waals surface area (Å²) in [4.78, 5) is 25.0. The van der Waals surface area contributed by atoms with Crippen LogP contribution in [-0.4, -0.2) is 48.6 Å². The van der Waals surface area contributed by atoms with Crippen molar-refractivity contribution in [2.75, 3.05) is 13.1 Å². The second-order valence-electron chi connectivity index (χ2n) is 14.4. The first-order chi connectivity index (χ1) is 25.8. The highest BCUT2D eigenvalue weighted by molar-refractivity contribution is 5.94. The van der Waals surface area contributed by atoms with E-state index >= 15 is 0 Å². The molecule has 3 heterocycles. The monoisotopic (exact) mass is 703 g/mol. The summed E-state index contributed by atoms with van der Waals surface area (Å²) >= 11 is 0. The molecule has 7 rings (SSSR count). The lowest BCUT2D eigenvalue weighted by molar-refractivity contribution is 0.0785. The van der Waals surface area contributed by atoms with Crippen LogP contribution in [0.3, 0.4) is 0 Å². The average molecular weight is 704 g/mol. The maximum atomic E-state index is 13.0. The molecule has 53 heavy (non-hydrogen) atoms. The molecule has 0 aliphatic heterocycles. The number of aromatic amines is 1. The summed E-state index contributed by atoms with van der Waals surface area (Å²) in [6.07, 6.45) is 6.35. The molecule has 0 unspecified atom stereocenters. The normalized spacial score (nSPS) is 12.2. The van der Waals surface area contributed by atoms with Crippen molar-refractivity contribution in [2.45, 2.75) is 46.3 Å². The topological polar surface area (TPSA) is 101 Å². The fourth-order valence-corrected chi connectivity index (χ4v) is 6.85. The fourth-order valence-electron chi connectivity index (χ4n) is 6.85. The number of carbonyl (C=O) groups is 1.